The Bertz CT molecular complexity index is 1320. The maximum atomic E-state index is 12.5. The predicted molar refractivity (Wildman–Crippen MR) is 127 cm³/mol. The first-order valence-electron chi connectivity index (χ1n) is 10.1. The molecule has 2 amide bonds. The van der Waals surface area contributed by atoms with E-state index in [1.165, 1.54) is 11.8 Å². The number of nitrogens with one attached hydrogen (secondary N) is 2. The van der Waals surface area contributed by atoms with Crippen molar-refractivity contribution < 1.29 is 14.3 Å². The molecular weight excluding hydrogens is 440 g/mol. The molecule has 0 atom stereocenters. The number of para-hydroxylation sites is 2. The van der Waals surface area contributed by atoms with Crippen LogP contribution in [0.4, 0.5) is 11.4 Å². The van der Waals surface area contributed by atoms with E-state index in [2.05, 4.69) is 25.8 Å². The van der Waals surface area contributed by atoms with Gasteiger partial charge in [-0.05, 0) is 50.2 Å². The molecule has 0 aliphatic rings. The van der Waals surface area contributed by atoms with E-state index in [1.54, 1.807) is 43.5 Å². The summed E-state index contributed by atoms with van der Waals surface area (Å²) in [5.74, 6) is 1.03. The van der Waals surface area contributed by atoms with Crippen molar-refractivity contribution in [3.8, 4) is 5.75 Å². The Kier molecular flexibility index (Phi) is 6.55. The standard InChI is InChI=1S/C23H22N6O3S/c1-14-12-20-27-28-23(29(20)15(2)24-14)33-13-21(30)25-17-10-8-16(9-11-17)22(31)26-18-6-4-5-7-19(18)32-3/h4-12H,13H2,1-3H3,(H,25,30)(H,26,31). The number of hydrogen-bond acceptors (Lipinski definition) is 7. The number of fused-ring (bicyclic) bond motifs is 1. The Balaban J connectivity index is 1.35. The highest BCUT2D eigenvalue weighted by molar-refractivity contribution is 7.99. The molecule has 0 saturated carbocycles. The number of hydrogen-bond donors (Lipinski definition) is 2. The maximum Gasteiger partial charge on any atom is 0.255 e. The lowest BCUT2D eigenvalue weighted by atomic mass is 10.2. The minimum Gasteiger partial charge on any atom is -0.495 e. The Morgan fingerprint density at radius 3 is 2.55 bits per heavy atom. The lowest BCUT2D eigenvalue weighted by Crippen LogP contribution is -2.15. The number of aromatic nitrogens is 4. The summed E-state index contributed by atoms with van der Waals surface area (Å²) in [6, 6.07) is 15.7. The zero-order valence-electron chi connectivity index (χ0n) is 18.3. The summed E-state index contributed by atoms with van der Waals surface area (Å²) >= 11 is 1.28. The summed E-state index contributed by atoms with van der Waals surface area (Å²) in [5, 5.41) is 14.6. The van der Waals surface area contributed by atoms with Crippen LogP contribution in [0.15, 0.2) is 59.8 Å². The fourth-order valence-electron chi connectivity index (χ4n) is 3.27. The van der Waals surface area contributed by atoms with Gasteiger partial charge in [0.25, 0.3) is 5.91 Å². The first-order valence-corrected chi connectivity index (χ1v) is 11.1. The minimum atomic E-state index is -0.272. The van der Waals surface area contributed by atoms with Crippen LogP contribution in [0.1, 0.15) is 21.9 Å². The average molecular weight is 463 g/mol. The van der Waals surface area contributed by atoms with Crippen LogP contribution in [-0.2, 0) is 4.79 Å². The molecule has 2 N–H and O–H groups in total. The third-order valence-electron chi connectivity index (χ3n) is 4.78. The number of anilines is 2. The molecule has 9 nitrogen and oxygen atoms in total. The van der Waals surface area contributed by atoms with Gasteiger partial charge in [-0.3, -0.25) is 14.0 Å². The quantitative estimate of drug-likeness (QED) is 0.403. The number of carbonyl (C=O) groups is 2. The number of aryl methyl sites for hydroxylation is 2. The molecule has 0 spiro atoms. The van der Waals surface area contributed by atoms with Gasteiger partial charge in [-0.15, -0.1) is 10.2 Å². The summed E-state index contributed by atoms with van der Waals surface area (Å²) < 4.78 is 7.07. The lowest BCUT2D eigenvalue weighted by molar-refractivity contribution is -0.113. The number of carbonyl (C=O) groups excluding carboxylic acids is 2. The zero-order valence-corrected chi connectivity index (χ0v) is 19.1. The molecule has 33 heavy (non-hydrogen) atoms. The molecule has 0 fully saturated rings. The summed E-state index contributed by atoms with van der Waals surface area (Å²) in [7, 11) is 1.55. The molecule has 10 heteroatoms. The molecule has 2 aromatic heterocycles. The maximum absolute atomic E-state index is 12.5. The van der Waals surface area contributed by atoms with E-state index in [0.29, 0.717) is 33.5 Å². The van der Waals surface area contributed by atoms with Crippen LogP contribution in [0.5, 0.6) is 5.75 Å². The third-order valence-corrected chi connectivity index (χ3v) is 5.71. The van der Waals surface area contributed by atoms with Crippen molar-refractivity contribution in [1.82, 2.24) is 19.6 Å². The van der Waals surface area contributed by atoms with Gasteiger partial charge in [-0.25, -0.2) is 4.98 Å². The highest BCUT2D eigenvalue weighted by Gasteiger charge is 2.13. The SMILES string of the molecule is COc1ccccc1NC(=O)c1ccc(NC(=O)CSc2nnc3cc(C)nc(C)n23)cc1. The van der Waals surface area contributed by atoms with Crippen LogP contribution >= 0.6 is 11.8 Å². The van der Waals surface area contributed by atoms with Crippen molar-refractivity contribution in [3.05, 3.63) is 71.7 Å². The third kappa shape index (κ3) is 5.12. The molecule has 0 radical (unpaired) electrons. The largest absolute Gasteiger partial charge is 0.495 e. The first-order chi connectivity index (χ1) is 15.9. The van der Waals surface area contributed by atoms with Gasteiger partial charge in [-0.1, -0.05) is 23.9 Å². The van der Waals surface area contributed by atoms with Crippen LogP contribution in [0.2, 0.25) is 0 Å². The average Bonchev–Trinajstić information content (AvgIpc) is 3.21. The summed E-state index contributed by atoms with van der Waals surface area (Å²) in [4.78, 5) is 29.4. The van der Waals surface area contributed by atoms with Crippen molar-refractivity contribution in [2.24, 2.45) is 0 Å². The highest BCUT2D eigenvalue weighted by Crippen LogP contribution is 2.24. The first kappa shape index (κ1) is 22.3. The second kappa shape index (κ2) is 9.70. The van der Waals surface area contributed by atoms with E-state index < -0.39 is 0 Å². The van der Waals surface area contributed by atoms with E-state index in [9.17, 15) is 9.59 Å². The van der Waals surface area contributed by atoms with E-state index in [4.69, 9.17) is 4.74 Å². The molecule has 0 bridgehead atoms. The van der Waals surface area contributed by atoms with Crippen LogP contribution in [-0.4, -0.2) is 44.3 Å². The monoisotopic (exact) mass is 462 g/mol. The van der Waals surface area contributed by atoms with Crippen molar-refractivity contribution >= 4 is 40.6 Å². The minimum absolute atomic E-state index is 0.157. The molecule has 0 aliphatic heterocycles. The lowest BCUT2D eigenvalue weighted by Gasteiger charge is -2.10. The highest BCUT2D eigenvalue weighted by atomic mass is 32.2. The zero-order chi connectivity index (χ0) is 23.4. The molecule has 2 aromatic carbocycles. The van der Waals surface area contributed by atoms with E-state index in [0.717, 1.165) is 11.5 Å². The molecule has 0 unspecified atom stereocenters. The fraction of sp³-hybridized carbons (Fsp3) is 0.174. The molecule has 2 heterocycles. The molecule has 4 aromatic rings. The molecule has 4 rings (SSSR count). The van der Waals surface area contributed by atoms with Gasteiger partial charge < -0.3 is 15.4 Å². The molecular formula is C23H22N6O3S. The van der Waals surface area contributed by atoms with Crippen LogP contribution in [0.25, 0.3) is 5.65 Å². The van der Waals surface area contributed by atoms with Gasteiger partial charge >= 0.3 is 0 Å². The number of nitrogens with zero attached hydrogens (tertiary/aromatic N) is 4. The molecule has 0 aliphatic carbocycles. The van der Waals surface area contributed by atoms with E-state index in [1.807, 2.05) is 36.4 Å². The van der Waals surface area contributed by atoms with Gasteiger partial charge in [0.15, 0.2) is 10.8 Å². The number of methoxy groups -OCH3 is 1. The van der Waals surface area contributed by atoms with Crippen LogP contribution in [0, 0.1) is 13.8 Å². The molecule has 168 valence electrons. The van der Waals surface area contributed by atoms with Gasteiger partial charge in [0.05, 0.1) is 18.6 Å². The Labute approximate surface area is 194 Å². The predicted octanol–water partition coefficient (Wildman–Crippen LogP) is 3.73. The Morgan fingerprint density at radius 2 is 1.79 bits per heavy atom. The number of amides is 2. The van der Waals surface area contributed by atoms with Gasteiger partial charge in [-0.2, -0.15) is 0 Å². The molecule has 0 saturated heterocycles. The second-order valence-corrected chi connectivity index (χ2v) is 8.13. The summed E-state index contributed by atoms with van der Waals surface area (Å²) in [6.45, 7) is 3.77. The fourth-order valence-corrected chi connectivity index (χ4v) is 4.06. The van der Waals surface area contributed by atoms with Gasteiger partial charge in [0.1, 0.15) is 11.6 Å². The Hall–Kier alpha value is -3.92. The topological polar surface area (TPSA) is 111 Å². The number of ether oxygens (including phenoxy) is 1. The van der Waals surface area contributed by atoms with Crippen molar-refractivity contribution in [3.63, 3.8) is 0 Å². The normalized spacial score (nSPS) is 10.8. The second-order valence-electron chi connectivity index (χ2n) is 7.19. The number of benzene rings is 2. The van der Waals surface area contributed by atoms with Crippen molar-refractivity contribution in [2.75, 3.05) is 23.5 Å². The Morgan fingerprint density at radius 1 is 1.03 bits per heavy atom. The van der Waals surface area contributed by atoms with Crippen molar-refractivity contribution in [1.29, 1.82) is 0 Å². The van der Waals surface area contributed by atoms with E-state index >= 15 is 0 Å². The summed E-state index contributed by atoms with van der Waals surface area (Å²) in [5.41, 5.74) is 3.20. The van der Waals surface area contributed by atoms with Crippen LogP contribution in [0.3, 0.4) is 0 Å². The summed E-state index contributed by atoms with van der Waals surface area (Å²) in [6.07, 6.45) is 0. The number of thioether (sulfide) groups is 1. The number of rotatable bonds is 7. The van der Waals surface area contributed by atoms with Crippen LogP contribution < -0.4 is 15.4 Å². The van der Waals surface area contributed by atoms with Gasteiger partial charge in [0.2, 0.25) is 5.91 Å². The van der Waals surface area contributed by atoms with E-state index in [-0.39, 0.29) is 17.6 Å². The smallest absolute Gasteiger partial charge is 0.255 e. The van der Waals surface area contributed by atoms with Crippen molar-refractivity contribution in [2.45, 2.75) is 19.0 Å². The van der Waals surface area contributed by atoms with Gasteiger partial charge in [0, 0.05) is 23.0 Å².